The molecular weight excluding hydrogens is 242 g/mol. The number of carboxylic acids is 1. The van der Waals surface area contributed by atoms with Gasteiger partial charge in [0.05, 0.1) is 11.9 Å². The van der Waals surface area contributed by atoms with E-state index in [2.05, 4.69) is 23.8 Å². The van der Waals surface area contributed by atoms with Crippen LogP contribution in [0.4, 0.5) is 0 Å². The molecule has 1 aromatic heterocycles. The molecule has 106 valence electrons. The number of rotatable bonds is 4. The molecule has 1 saturated heterocycles. The third-order valence-electron chi connectivity index (χ3n) is 4.33. The number of hydrogen-bond acceptors (Lipinski definition) is 3. The summed E-state index contributed by atoms with van der Waals surface area (Å²) in [5.74, 6) is -0.155. The third kappa shape index (κ3) is 2.97. The first kappa shape index (κ1) is 14.1. The Morgan fingerprint density at radius 1 is 1.53 bits per heavy atom. The molecule has 0 saturated carbocycles. The van der Waals surface area contributed by atoms with Crippen molar-refractivity contribution >= 4 is 5.97 Å². The van der Waals surface area contributed by atoms with Gasteiger partial charge < -0.3 is 5.11 Å². The van der Waals surface area contributed by atoms with Crippen LogP contribution in [0.1, 0.15) is 49.2 Å². The first-order chi connectivity index (χ1) is 9.02. The van der Waals surface area contributed by atoms with Gasteiger partial charge in [-0.15, -0.1) is 0 Å². The summed E-state index contributed by atoms with van der Waals surface area (Å²) in [5, 5.41) is 13.3. The highest BCUT2D eigenvalue weighted by Crippen LogP contribution is 2.26. The molecule has 0 radical (unpaired) electrons. The first-order valence-electron chi connectivity index (χ1n) is 7.01. The van der Waals surface area contributed by atoms with E-state index in [-0.39, 0.29) is 0 Å². The number of hydrogen-bond donors (Lipinski definition) is 1. The molecule has 2 heterocycles. The maximum Gasteiger partial charge on any atom is 0.339 e. The zero-order chi connectivity index (χ0) is 14.0. The highest BCUT2D eigenvalue weighted by atomic mass is 16.4. The van der Waals surface area contributed by atoms with E-state index in [1.165, 1.54) is 25.5 Å². The Kier molecular flexibility index (Phi) is 4.24. The minimum absolute atomic E-state index is 0.327. The molecule has 2 rings (SSSR count). The van der Waals surface area contributed by atoms with Crippen molar-refractivity contribution in [3.8, 4) is 0 Å². The van der Waals surface area contributed by atoms with Gasteiger partial charge >= 0.3 is 5.97 Å². The molecule has 1 aliphatic heterocycles. The standard InChI is InChI=1S/C14H23N3O2/c1-4-11-6-5-10(2)17(8-11)9-13-12(14(18)19)7-15-16(13)3/h7,10-11H,4-6,8-9H2,1-3H3,(H,18,19). The second-order valence-corrected chi connectivity index (χ2v) is 5.56. The van der Waals surface area contributed by atoms with E-state index >= 15 is 0 Å². The smallest absolute Gasteiger partial charge is 0.339 e. The number of aromatic carboxylic acids is 1. The van der Waals surface area contributed by atoms with Crippen LogP contribution in [0.5, 0.6) is 0 Å². The summed E-state index contributed by atoms with van der Waals surface area (Å²) in [4.78, 5) is 13.6. The average molecular weight is 265 g/mol. The molecule has 0 bridgehead atoms. The highest BCUT2D eigenvalue weighted by Gasteiger charge is 2.26. The minimum atomic E-state index is -0.889. The molecular formula is C14H23N3O2. The van der Waals surface area contributed by atoms with Crippen molar-refractivity contribution in [3.05, 3.63) is 17.5 Å². The fraction of sp³-hybridized carbons (Fsp3) is 0.714. The predicted molar refractivity (Wildman–Crippen MR) is 73.1 cm³/mol. The molecule has 1 fully saturated rings. The fourth-order valence-electron chi connectivity index (χ4n) is 2.84. The van der Waals surface area contributed by atoms with Crippen molar-refractivity contribution in [3.63, 3.8) is 0 Å². The number of piperidine rings is 1. The molecule has 1 aromatic rings. The minimum Gasteiger partial charge on any atom is -0.478 e. The van der Waals surface area contributed by atoms with E-state index < -0.39 is 5.97 Å². The second-order valence-electron chi connectivity index (χ2n) is 5.56. The first-order valence-corrected chi connectivity index (χ1v) is 7.01. The fourth-order valence-corrected chi connectivity index (χ4v) is 2.84. The van der Waals surface area contributed by atoms with E-state index in [9.17, 15) is 9.90 Å². The summed E-state index contributed by atoms with van der Waals surface area (Å²) in [6, 6.07) is 0.513. The van der Waals surface area contributed by atoms with E-state index in [1.807, 2.05) is 7.05 Å². The molecule has 1 N–H and O–H groups in total. The summed E-state index contributed by atoms with van der Waals surface area (Å²) >= 11 is 0. The van der Waals surface area contributed by atoms with Crippen LogP contribution in [0, 0.1) is 5.92 Å². The van der Waals surface area contributed by atoms with Crippen molar-refractivity contribution < 1.29 is 9.90 Å². The van der Waals surface area contributed by atoms with Crippen molar-refractivity contribution in [1.29, 1.82) is 0 Å². The maximum atomic E-state index is 11.2. The molecule has 0 aliphatic carbocycles. The van der Waals surface area contributed by atoms with E-state index in [0.717, 1.165) is 18.2 Å². The zero-order valence-corrected chi connectivity index (χ0v) is 12.0. The lowest BCUT2D eigenvalue weighted by molar-refractivity contribution is 0.0689. The van der Waals surface area contributed by atoms with Crippen LogP contribution in [-0.2, 0) is 13.6 Å². The Bertz CT molecular complexity index is 456. The van der Waals surface area contributed by atoms with Gasteiger partial charge in [-0.1, -0.05) is 13.3 Å². The van der Waals surface area contributed by atoms with Gasteiger partial charge in [-0.25, -0.2) is 4.79 Å². The molecule has 2 unspecified atom stereocenters. The lowest BCUT2D eigenvalue weighted by atomic mass is 9.91. The van der Waals surface area contributed by atoms with Crippen molar-refractivity contribution in [1.82, 2.24) is 14.7 Å². The zero-order valence-electron chi connectivity index (χ0n) is 12.0. The van der Waals surface area contributed by atoms with Gasteiger partial charge in [0, 0.05) is 26.2 Å². The Labute approximate surface area is 114 Å². The number of likely N-dealkylation sites (tertiary alicyclic amines) is 1. The van der Waals surface area contributed by atoms with Crippen LogP contribution in [0.3, 0.4) is 0 Å². The maximum absolute atomic E-state index is 11.2. The predicted octanol–water partition coefficient (Wildman–Crippen LogP) is 2.13. The molecule has 1 aliphatic rings. The van der Waals surface area contributed by atoms with Gasteiger partial charge in [0.1, 0.15) is 5.56 Å². The van der Waals surface area contributed by atoms with Crippen molar-refractivity contribution in [2.24, 2.45) is 13.0 Å². The van der Waals surface area contributed by atoms with Crippen LogP contribution in [-0.4, -0.2) is 38.3 Å². The summed E-state index contributed by atoms with van der Waals surface area (Å²) in [6.45, 7) is 6.19. The van der Waals surface area contributed by atoms with E-state index in [1.54, 1.807) is 4.68 Å². The van der Waals surface area contributed by atoms with Gasteiger partial charge in [-0.3, -0.25) is 9.58 Å². The number of aromatic nitrogens is 2. The van der Waals surface area contributed by atoms with Crippen LogP contribution in [0.2, 0.25) is 0 Å². The summed E-state index contributed by atoms with van der Waals surface area (Å²) < 4.78 is 1.69. The topological polar surface area (TPSA) is 58.4 Å². The van der Waals surface area contributed by atoms with Gasteiger partial charge in [0.25, 0.3) is 0 Å². The van der Waals surface area contributed by atoms with Gasteiger partial charge in [0.15, 0.2) is 0 Å². The van der Waals surface area contributed by atoms with Crippen molar-refractivity contribution in [2.75, 3.05) is 6.54 Å². The Morgan fingerprint density at radius 2 is 2.26 bits per heavy atom. The van der Waals surface area contributed by atoms with Crippen molar-refractivity contribution in [2.45, 2.75) is 45.7 Å². The molecule has 5 nitrogen and oxygen atoms in total. The summed E-state index contributed by atoms with van der Waals surface area (Å²) in [6.07, 6.45) is 5.12. The van der Waals surface area contributed by atoms with Crippen LogP contribution < -0.4 is 0 Å². The lowest BCUT2D eigenvalue weighted by Crippen LogP contribution is -2.41. The van der Waals surface area contributed by atoms with Crippen LogP contribution >= 0.6 is 0 Å². The average Bonchev–Trinajstić information content (AvgIpc) is 2.74. The summed E-state index contributed by atoms with van der Waals surface area (Å²) in [5.41, 5.74) is 1.13. The van der Waals surface area contributed by atoms with Crippen LogP contribution in [0.25, 0.3) is 0 Å². The van der Waals surface area contributed by atoms with Crippen LogP contribution in [0.15, 0.2) is 6.20 Å². The normalized spacial score (nSPS) is 24.6. The Balaban J connectivity index is 2.15. The number of carbonyl (C=O) groups is 1. The molecule has 0 aromatic carbocycles. The highest BCUT2D eigenvalue weighted by molar-refractivity contribution is 5.88. The number of nitrogens with zero attached hydrogens (tertiary/aromatic N) is 3. The molecule has 19 heavy (non-hydrogen) atoms. The number of aryl methyl sites for hydroxylation is 1. The quantitative estimate of drug-likeness (QED) is 0.906. The summed E-state index contributed by atoms with van der Waals surface area (Å²) in [7, 11) is 1.81. The molecule has 0 amide bonds. The molecule has 2 atom stereocenters. The SMILES string of the molecule is CCC1CCC(C)N(Cc2c(C(=O)O)cnn2C)C1. The molecule has 0 spiro atoms. The molecule has 5 heteroatoms. The van der Waals surface area contributed by atoms with Gasteiger partial charge in [-0.05, 0) is 25.7 Å². The number of carboxylic acid groups (broad SMARTS) is 1. The Hall–Kier alpha value is -1.36. The second kappa shape index (κ2) is 5.74. The largest absolute Gasteiger partial charge is 0.478 e. The van der Waals surface area contributed by atoms with Gasteiger partial charge in [-0.2, -0.15) is 5.10 Å². The monoisotopic (exact) mass is 265 g/mol. The Morgan fingerprint density at radius 3 is 2.89 bits per heavy atom. The van der Waals surface area contributed by atoms with Gasteiger partial charge in [0.2, 0.25) is 0 Å². The lowest BCUT2D eigenvalue weighted by Gasteiger charge is -2.37. The van der Waals surface area contributed by atoms with E-state index in [4.69, 9.17) is 0 Å². The third-order valence-corrected chi connectivity index (χ3v) is 4.33. The van der Waals surface area contributed by atoms with E-state index in [0.29, 0.717) is 18.2 Å².